The topological polar surface area (TPSA) is 98.7 Å². The zero-order valence-electron chi connectivity index (χ0n) is 14.2. The molecule has 2 atom stereocenters. The first-order valence-corrected chi connectivity index (χ1v) is 8.67. The molecule has 0 spiro atoms. The third kappa shape index (κ3) is 4.10. The van der Waals surface area contributed by atoms with Crippen LogP contribution in [0.3, 0.4) is 0 Å². The van der Waals surface area contributed by atoms with Crippen molar-refractivity contribution in [1.29, 1.82) is 0 Å². The zero-order valence-corrected chi connectivity index (χ0v) is 14.2. The number of urea groups is 1. The van der Waals surface area contributed by atoms with Crippen LogP contribution in [0, 0.1) is 5.92 Å². The summed E-state index contributed by atoms with van der Waals surface area (Å²) in [5, 5.41) is 14.9. The van der Waals surface area contributed by atoms with Gasteiger partial charge in [0.05, 0.1) is 5.92 Å². The summed E-state index contributed by atoms with van der Waals surface area (Å²) in [6.07, 6.45) is 3.27. The number of carbonyl (C=O) groups excluding carboxylic acids is 2. The van der Waals surface area contributed by atoms with Crippen molar-refractivity contribution < 1.29 is 19.5 Å². The number of piperidine rings is 1. The summed E-state index contributed by atoms with van der Waals surface area (Å²) >= 11 is 0. The Kier molecular flexibility index (Phi) is 4.92. The summed E-state index contributed by atoms with van der Waals surface area (Å²) in [5.74, 6) is -1.61. The number of benzene rings is 1. The number of rotatable bonds is 4. The van der Waals surface area contributed by atoms with Crippen LogP contribution < -0.4 is 10.6 Å². The molecular weight excluding hydrogens is 322 g/mol. The maximum atomic E-state index is 12.8. The van der Waals surface area contributed by atoms with Crippen molar-refractivity contribution in [2.24, 2.45) is 5.92 Å². The van der Waals surface area contributed by atoms with Gasteiger partial charge in [0.15, 0.2) is 0 Å². The van der Waals surface area contributed by atoms with Crippen LogP contribution in [0.5, 0.6) is 0 Å². The third-order valence-electron chi connectivity index (χ3n) is 4.85. The number of hydrogen-bond donors (Lipinski definition) is 3. The molecule has 0 bridgehead atoms. The first-order chi connectivity index (χ1) is 12.0. The van der Waals surface area contributed by atoms with Crippen LogP contribution in [0.25, 0.3) is 0 Å². The van der Waals surface area contributed by atoms with E-state index < -0.39 is 11.9 Å². The number of anilines is 1. The van der Waals surface area contributed by atoms with Gasteiger partial charge < -0.3 is 20.6 Å². The van der Waals surface area contributed by atoms with Gasteiger partial charge in [-0.05, 0) is 50.8 Å². The molecule has 2 aliphatic rings. The number of carboxylic acids is 1. The summed E-state index contributed by atoms with van der Waals surface area (Å²) in [5.41, 5.74) is 0.991. The lowest BCUT2D eigenvalue weighted by atomic mass is 9.90. The molecule has 1 aromatic carbocycles. The quantitative estimate of drug-likeness (QED) is 0.780. The van der Waals surface area contributed by atoms with E-state index in [-0.39, 0.29) is 24.0 Å². The van der Waals surface area contributed by atoms with E-state index in [4.69, 9.17) is 0 Å². The molecule has 1 aliphatic heterocycles. The Bertz CT molecular complexity index is 687. The monoisotopic (exact) mass is 345 g/mol. The highest BCUT2D eigenvalue weighted by Crippen LogP contribution is 2.26. The third-order valence-corrected chi connectivity index (χ3v) is 4.85. The lowest BCUT2D eigenvalue weighted by Crippen LogP contribution is -2.49. The summed E-state index contributed by atoms with van der Waals surface area (Å²) in [6.45, 7) is 2.32. The molecule has 0 aromatic heterocycles. The molecule has 25 heavy (non-hydrogen) atoms. The van der Waals surface area contributed by atoms with Gasteiger partial charge in [-0.2, -0.15) is 0 Å². The minimum Gasteiger partial charge on any atom is -0.481 e. The van der Waals surface area contributed by atoms with Crippen LogP contribution in [0.2, 0.25) is 0 Å². The van der Waals surface area contributed by atoms with Gasteiger partial charge in [-0.3, -0.25) is 9.59 Å². The molecule has 3 amide bonds. The number of amides is 3. The maximum Gasteiger partial charge on any atom is 0.319 e. The Labute approximate surface area is 146 Å². The average molecular weight is 345 g/mol. The number of hydrogen-bond acceptors (Lipinski definition) is 3. The standard InChI is InChI=1S/C18H23N3O4/c1-11-15(17(23)24)6-3-9-21(11)16(22)12-4-2-5-14(10-12)20-18(25)19-13-7-8-13/h2,4-5,10-11,13,15H,3,6-9H2,1H3,(H,23,24)(H2,19,20,25)/t11-,15-/m1/s1. The summed E-state index contributed by atoms with van der Waals surface area (Å²) in [4.78, 5) is 37.6. The van der Waals surface area contributed by atoms with Crippen molar-refractivity contribution in [3.8, 4) is 0 Å². The molecule has 3 N–H and O–H groups in total. The Morgan fingerprint density at radius 2 is 1.96 bits per heavy atom. The molecule has 0 radical (unpaired) electrons. The van der Waals surface area contributed by atoms with E-state index in [1.54, 1.807) is 36.1 Å². The van der Waals surface area contributed by atoms with E-state index in [9.17, 15) is 19.5 Å². The molecule has 1 aromatic rings. The van der Waals surface area contributed by atoms with Crippen LogP contribution in [-0.4, -0.2) is 46.5 Å². The van der Waals surface area contributed by atoms with Crippen molar-refractivity contribution in [2.45, 2.75) is 44.7 Å². The lowest BCUT2D eigenvalue weighted by Gasteiger charge is -2.37. The molecule has 1 aliphatic carbocycles. The number of likely N-dealkylation sites (tertiary alicyclic amines) is 1. The fourth-order valence-corrected chi connectivity index (χ4v) is 3.24. The maximum absolute atomic E-state index is 12.8. The second-order valence-corrected chi connectivity index (χ2v) is 6.78. The molecule has 0 unspecified atom stereocenters. The minimum absolute atomic E-state index is 0.204. The Balaban J connectivity index is 1.69. The molecule has 134 valence electrons. The smallest absolute Gasteiger partial charge is 0.319 e. The molecule has 1 saturated carbocycles. The van der Waals surface area contributed by atoms with E-state index in [0.29, 0.717) is 30.6 Å². The molecule has 2 fully saturated rings. The second-order valence-electron chi connectivity index (χ2n) is 6.78. The first kappa shape index (κ1) is 17.3. The van der Waals surface area contributed by atoms with Crippen molar-refractivity contribution in [2.75, 3.05) is 11.9 Å². The minimum atomic E-state index is -0.864. The molecule has 7 nitrogen and oxygen atoms in total. The van der Waals surface area contributed by atoms with Crippen LogP contribution >= 0.6 is 0 Å². The van der Waals surface area contributed by atoms with Gasteiger partial charge in [0.2, 0.25) is 0 Å². The number of nitrogens with zero attached hydrogens (tertiary/aromatic N) is 1. The molecular formula is C18H23N3O4. The Hall–Kier alpha value is -2.57. The van der Waals surface area contributed by atoms with E-state index in [2.05, 4.69) is 10.6 Å². The van der Waals surface area contributed by atoms with Gasteiger partial charge in [0.1, 0.15) is 0 Å². The van der Waals surface area contributed by atoms with Crippen molar-refractivity contribution >= 4 is 23.6 Å². The fraction of sp³-hybridized carbons (Fsp3) is 0.500. The highest BCUT2D eigenvalue weighted by Gasteiger charge is 2.35. The van der Waals surface area contributed by atoms with E-state index in [1.165, 1.54) is 0 Å². The van der Waals surface area contributed by atoms with Gasteiger partial charge >= 0.3 is 12.0 Å². The summed E-state index contributed by atoms with van der Waals surface area (Å²) in [6, 6.07) is 6.38. The second kappa shape index (κ2) is 7.13. The molecule has 7 heteroatoms. The van der Waals surface area contributed by atoms with Crippen LogP contribution in [0.1, 0.15) is 43.0 Å². The van der Waals surface area contributed by atoms with Crippen LogP contribution in [0.4, 0.5) is 10.5 Å². The summed E-state index contributed by atoms with van der Waals surface area (Å²) < 4.78 is 0. The van der Waals surface area contributed by atoms with E-state index >= 15 is 0 Å². The first-order valence-electron chi connectivity index (χ1n) is 8.67. The van der Waals surface area contributed by atoms with Crippen molar-refractivity contribution in [3.63, 3.8) is 0 Å². The van der Waals surface area contributed by atoms with Gasteiger partial charge in [0, 0.05) is 29.9 Å². The normalized spacial score (nSPS) is 23.0. The van der Waals surface area contributed by atoms with Gasteiger partial charge in [0.25, 0.3) is 5.91 Å². The fourth-order valence-electron chi connectivity index (χ4n) is 3.24. The van der Waals surface area contributed by atoms with Gasteiger partial charge in [-0.15, -0.1) is 0 Å². The SMILES string of the molecule is C[C@@H]1[C@H](C(=O)O)CCCN1C(=O)c1cccc(NC(=O)NC2CC2)c1. The zero-order chi connectivity index (χ0) is 18.0. The molecule has 3 rings (SSSR count). The van der Waals surface area contributed by atoms with Crippen LogP contribution in [0.15, 0.2) is 24.3 Å². The Morgan fingerprint density at radius 3 is 2.64 bits per heavy atom. The largest absolute Gasteiger partial charge is 0.481 e. The van der Waals surface area contributed by atoms with E-state index in [0.717, 1.165) is 12.8 Å². The number of nitrogens with one attached hydrogen (secondary N) is 2. The molecule has 1 heterocycles. The Morgan fingerprint density at radius 1 is 1.20 bits per heavy atom. The number of carbonyl (C=O) groups is 3. The highest BCUT2D eigenvalue weighted by molar-refractivity contribution is 5.97. The van der Waals surface area contributed by atoms with Crippen molar-refractivity contribution in [3.05, 3.63) is 29.8 Å². The lowest BCUT2D eigenvalue weighted by molar-refractivity contribution is -0.144. The number of carboxylic acid groups (broad SMARTS) is 1. The van der Waals surface area contributed by atoms with Crippen molar-refractivity contribution in [1.82, 2.24) is 10.2 Å². The predicted molar refractivity (Wildman–Crippen MR) is 92.5 cm³/mol. The predicted octanol–water partition coefficient (Wildman–Crippen LogP) is 2.30. The van der Waals surface area contributed by atoms with Gasteiger partial charge in [-0.25, -0.2) is 4.79 Å². The van der Waals surface area contributed by atoms with Crippen LogP contribution in [-0.2, 0) is 4.79 Å². The highest BCUT2D eigenvalue weighted by atomic mass is 16.4. The average Bonchev–Trinajstić information content (AvgIpc) is 3.38. The van der Waals surface area contributed by atoms with Gasteiger partial charge in [-0.1, -0.05) is 6.07 Å². The van der Waals surface area contributed by atoms with E-state index in [1.807, 2.05) is 0 Å². The molecule has 1 saturated heterocycles. The number of aliphatic carboxylic acids is 1. The summed E-state index contributed by atoms with van der Waals surface area (Å²) in [7, 11) is 0.